The van der Waals surface area contributed by atoms with Gasteiger partial charge in [-0.25, -0.2) is 0 Å². The second-order valence-electron chi connectivity index (χ2n) is 2.34. The van der Waals surface area contributed by atoms with E-state index in [-0.39, 0.29) is 0 Å². The lowest BCUT2D eigenvalue weighted by Crippen LogP contribution is -1.92. The van der Waals surface area contributed by atoms with E-state index in [0.717, 1.165) is 5.75 Å². The van der Waals surface area contributed by atoms with Gasteiger partial charge in [-0.05, 0) is 25.1 Å². The molecular formula is C10H11ClO. The van der Waals surface area contributed by atoms with Crippen molar-refractivity contribution < 1.29 is 4.74 Å². The van der Waals surface area contributed by atoms with Crippen LogP contribution in [0.15, 0.2) is 36.4 Å². The molecule has 0 saturated carbocycles. The first-order valence-electron chi connectivity index (χ1n) is 3.82. The zero-order valence-electron chi connectivity index (χ0n) is 6.96. The maximum atomic E-state index is 5.76. The van der Waals surface area contributed by atoms with Gasteiger partial charge in [-0.3, -0.25) is 0 Å². The molecule has 1 rings (SSSR count). The highest BCUT2D eigenvalue weighted by Gasteiger charge is 1.91. The summed E-state index contributed by atoms with van der Waals surface area (Å²) in [4.78, 5) is 0. The van der Waals surface area contributed by atoms with Crippen molar-refractivity contribution in [2.24, 2.45) is 0 Å². The first-order chi connectivity index (χ1) is 5.83. The molecule has 0 aliphatic heterocycles. The van der Waals surface area contributed by atoms with Crippen LogP contribution in [0.2, 0.25) is 5.02 Å². The summed E-state index contributed by atoms with van der Waals surface area (Å²) in [5.41, 5.74) is 0. The van der Waals surface area contributed by atoms with Gasteiger partial charge in [0.25, 0.3) is 0 Å². The third kappa shape index (κ3) is 2.97. The van der Waals surface area contributed by atoms with E-state index in [9.17, 15) is 0 Å². The van der Waals surface area contributed by atoms with E-state index in [2.05, 4.69) is 0 Å². The van der Waals surface area contributed by atoms with E-state index in [1.54, 1.807) is 6.07 Å². The number of ether oxygens (including phenoxy) is 1. The number of rotatable bonds is 3. The largest absolute Gasteiger partial charge is 0.489 e. The Hall–Kier alpha value is -0.950. The van der Waals surface area contributed by atoms with Crippen molar-refractivity contribution >= 4 is 11.6 Å². The Labute approximate surface area is 77.6 Å². The van der Waals surface area contributed by atoms with Crippen LogP contribution in [-0.2, 0) is 0 Å². The molecule has 0 N–H and O–H groups in total. The van der Waals surface area contributed by atoms with Gasteiger partial charge in [0.05, 0.1) is 0 Å². The lowest BCUT2D eigenvalue weighted by molar-refractivity contribution is 0.363. The van der Waals surface area contributed by atoms with Crippen LogP contribution in [0.5, 0.6) is 5.75 Å². The first-order valence-corrected chi connectivity index (χ1v) is 4.20. The van der Waals surface area contributed by atoms with Crippen molar-refractivity contribution in [3.05, 3.63) is 41.4 Å². The smallest absolute Gasteiger partial charge is 0.121 e. The van der Waals surface area contributed by atoms with Crippen molar-refractivity contribution in [3.63, 3.8) is 0 Å². The standard InChI is InChI=1S/C10H11ClO/c1-2-3-7-12-10-6-4-5-9(11)8-10/h2-6,8H,7H2,1H3/b3-2-. The monoisotopic (exact) mass is 182 g/mol. The van der Waals surface area contributed by atoms with Crippen molar-refractivity contribution in [1.82, 2.24) is 0 Å². The molecular weight excluding hydrogens is 172 g/mol. The second kappa shape index (κ2) is 4.83. The normalized spacial score (nSPS) is 10.5. The Balaban J connectivity index is 2.52. The third-order valence-electron chi connectivity index (χ3n) is 1.38. The Kier molecular flexibility index (Phi) is 3.68. The van der Waals surface area contributed by atoms with Crippen LogP contribution in [0.3, 0.4) is 0 Å². The fourth-order valence-corrected chi connectivity index (χ4v) is 0.978. The highest BCUT2D eigenvalue weighted by molar-refractivity contribution is 6.30. The van der Waals surface area contributed by atoms with Crippen LogP contribution in [-0.4, -0.2) is 6.61 Å². The number of hydrogen-bond donors (Lipinski definition) is 0. The molecule has 0 spiro atoms. The molecule has 1 aromatic carbocycles. The number of hydrogen-bond acceptors (Lipinski definition) is 1. The minimum atomic E-state index is 0.594. The highest BCUT2D eigenvalue weighted by atomic mass is 35.5. The van der Waals surface area contributed by atoms with Crippen LogP contribution in [0.25, 0.3) is 0 Å². The molecule has 0 aliphatic carbocycles. The Morgan fingerprint density at radius 1 is 1.50 bits per heavy atom. The quantitative estimate of drug-likeness (QED) is 0.652. The van der Waals surface area contributed by atoms with E-state index in [1.807, 2.05) is 37.3 Å². The zero-order chi connectivity index (χ0) is 8.81. The molecule has 1 nitrogen and oxygen atoms in total. The number of benzene rings is 1. The van der Waals surface area contributed by atoms with E-state index in [1.165, 1.54) is 0 Å². The summed E-state index contributed by atoms with van der Waals surface area (Å²) in [6, 6.07) is 7.37. The van der Waals surface area contributed by atoms with Crippen LogP contribution in [0.1, 0.15) is 6.92 Å². The molecule has 0 heterocycles. The summed E-state index contributed by atoms with van der Waals surface area (Å²) in [6.45, 7) is 2.55. The van der Waals surface area contributed by atoms with Crippen LogP contribution >= 0.6 is 11.6 Å². The van der Waals surface area contributed by atoms with Gasteiger partial charge in [-0.15, -0.1) is 0 Å². The lowest BCUT2D eigenvalue weighted by Gasteiger charge is -2.01. The molecule has 0 aromatic heterocycles. The van der Waals surface area contributed by atoms with E-state index in [0.29, 0.717) is 11.6 Å². The molecule has 0 atom stereocenters. The molecule has 0 fully saturated rings. The van der Waals surface area contributed by atoms with E-state index < -0.39 is 0 Å². The minimum Gasteiger partial charge on any atom is -0.489 e. The summed E-state index contributed by atoms with van der Waals surface area (Å²) in [6.07, 6.45) is 3.89. The van der Waals surface area contributed by atoms with Gasteiger partial charge in [0, 0.05) is 5.02 Å². The van der Waals surface area contributed by atoms with Gasteiger partial charge >= 0.3 is 0 Å². The molecule has 0 unspecified atom stereocenters. The van der Waals surface area contributed by atoms with Crippen LogP contribution in [0, 0.1) is 0 Å². The molecule has 0 aliphatic rings. The molecule has 2 heteroatoms. The number of halogens is 1. The summed E-state index contributed by atoms with van der Waals surface area (Å²) in [5.74, 6) is 0.806. The van der Waals surface area contributed by atoms with Crippen molar-refractivity contribution in [2.45, 2.75) is 6.92 Å². The SMILES string of the molecule is C/C=C\COc1cccc(Cl)c1. The molecule has 0 saturated heterocycles. The van der Waals surface area contributed by atoms with Gasteiger partial charge in [0.1, 0.15) is 12.4 Å². The Morgan fingerprint density at radius 3 is 3.00 bits per heavy atom. The van der Waals surface area contributed by atoms with E-state index in [4.69, 9.17) is 16.3 Å². The zero-order valence-corrected chi connectivity index (χ0v) is 7.71. The third-order valence-corrected chi connectivity index (χ3v) is 1.61. The summed E-state index contributed by atoms with van der Waals surface area (Å²) in [5, 5.41) is 0.702. The second-order valence-corrected chi connectivity index (χ2v) is 2.77. The summed E-state index contributed by atoms with van der Waals surface area (Å²) in [7, 11) is 0. The average Bonchev–Trinajstić information content (AvgIpc) is 2.05. The summed E-state index contributed by atoms with van der Waals surface area (Å²) < 4.78 is 5.36. The summed E-state index contributed by atoms with van der Waals surface area (Å²) >= 11 is 5.76. The molecule has 0 amide bonds. The van der Waals surface area contributed by atoms with E-state index >= 15 is 0 Å². The fourth-order valence-electron chi connectivity index (χ4n) is 0.797. The predicted octanol–water partition coefficient (Wildman–Crippen LogP) is 3.29. The first kappa shape index (κ1) is 9.14. The van der Waals surface area contributed by atoms with Crippen molar-refractivity contribution in [3.8, 4) is 5.75 Å². The average molecular weight is 183 g/mol. The minimum absolute atomic E-state index is 0.594. The highest BCUT2D eigenvalue weighted by Crippen LogP contribution is 2.16. The van der Waals surface area contributed by atoms with Gasteiger partial charge in [-0.2, -0.15) is 0 Å². The van der Waals surface area contributed by atoms with Crippen LogP contribution < -0.4 is 4.74 Å². The topological polar surface area (TPSA) is 9.23 Å². The lowest BCUT2D eigenvalue weighted by atomic mass is 10.3. The molecule has 64 valence electrons. The van der Waals surface area contributed by atoms with Gasteiger partial charge in [-0.1, -0.05) is 29.8 Å². The maximum absolute atomic E-state index is 5.76. The molecule has 12 heavy (non-hydrogen) atoms. The van der Waals surface area contributed by atoms with Gasteiger partial charge in [0.15, 0.2) is 0 Å². The van der Waals surface area contributed by atoms with Crippen molar-refractivity contribution in [1.29, 1.82) is 0 Å². The Morgan fingerprint density at radius 2 is 2.33 bits per heavy atom. The molecule has 0 bridgehead atoms. The van der Waals surface area contributed by atoms with Gasteiger partial charge in [0.2, 0.25) is 0 Å². The maximum Gasteiger partial charge on any atom is 0.121 e. The Bertz CT molecular complexity index is 268. The van der Waals surface area contributed by atoms with Crippen LogP contribution in [0.4, 0.5) is 0 Å². The predicted molar refractivity (Wildman–Crippen MR) is 51.8 cm³/mol. The van der Waals surface area contributed by atoms with Gasteiger partial charge < -0.3 is 4.74 Å². The molecule has 0 radical (unpaired) electrons. The van der Waals surface area contributed by atoms with Crippen molar-refractivity contribution in [2.75, 3.05) is 6.61 Å². The fraction of sp³-hybridized carbons (Fsp3) is 0.200. The number of allylic oxidation sites excluding steroid dienone is 1. The molecule has 1 aromatic rings.